The van der Waals surface area contributed by atoms with Crippen LogP contribution in [0.3, 0.4) is 0 Å². The number of Topliss-reactive ketones (excluding diaryl/α,β-unsaturated/α-hetero) is 1. The number of carbonyl (C=O) groups is 1. The second-order valence-electron chi connectivity index (χ2n) is 12.2. The standard InChI is InChI=1S/C39H43N2O6/c1-40-24-30-6-4-5-29-10-7-25(19-33(29)30)15-31(16-26-8-11-34(42)38(20-26)46-2)36(44)22-37(45)32(18-28-13-14-41-23-28)17-27-9-12-35(43)39(21-27)47-3/h4-14,19-21,23,31-32,37,40,42-43,45H,15-18,22,24H2,1-3H3/q-1/t31-,32-,37+/m0/s1. The van der Waals surface area contributed by atoms with Gasteiger partial charge in [-0.05, 0) is 95.9 Å². The Morgan fingerprint density at radius 2 is 1.40 bits per heavy atom. The molecule has 5 rings (SSSR count). The van der Waals surface area contributed by atoms with Crippen molar-refractivity contribution >= 4 is 16.6 Å². The number of hydrogen-bond acceptors (Lipinski definition) is 7. The average Bonchev–Trinajstić information content (AvgIpc) is 3.59. The highest BCUT2D eigenvalue weighted by molar-refractivity contribution is 5.87. The number of nitrogens with zero attached hydrogens (tertiary/aromatic N) is 1. The Kier molecular flexibility index (Phi) is 11.2. The number of phenolic OH excluding ortho intramolecular Hbond substituents is 2. The molecule has 0 unspecified atom stereocenters. The number of ether oxygens (including phenoxy) is 2. The van der Waals surface area contributed by atoms with E-state index in [0.29, 0.717) is 37.2 Å². The minimum Gasteiger partial charge on any atom is -0.670 e. The number of phenols is 2. The van der Waals surface area contributed by atoms with Crippen LogP contribution in [0.15, 0.2) is 91.3 Å². The van der Waals surface area contributed by atoms with E-state index in [2.05, 4.69) is 46.7 Å². The van der Waals surface area contributed by atoms with Crippen LogP contribution in [0.5, 0.6) is 23.0 Å². The third kappa shape index (κ3) is 8.52. The lowest BCUT2D eigenvalue weighted by molar-refractivity contribution is -0.125. The van der Waals surface area contributed by atoms with Crippen molar-refractivity contribution in [3.63, 3.8) is 0 Å². The molecular formula is C39H43N2O6-. The Balaban J connectivity index is 1.42. The number of aliphatic hydroxyl groups excluding tert-OH is 1. The lowest BCUT2D eigenvalue weighted by Gasteiger charge is -2.25. The molecular weight excluding hydrogens is 592 g/mol. The first-order valence-corrected chi connectivity index (χ1v) is 15.9. The minimum atomic E-state index is -0.923. The fraction of sp³-hybridized carbons (Fsp3) is 0.308. The largest absolute Gasteiger partial charge is 0.670 e. The SMILES string of the molecule is CNCc1cccc2ccc(C[C@@H](Cc3ccc(O)c(OC)c3)C(=O)C[C@@H](O)[C@H](Cc3cc[n-]c3)Cc3ccc(O)c(OC)c3)cc12. The summed E-state index contributed by atoms with van der Waals surface area (Å²) in [7, 11) is 4.93. The van der Waals surface area contributed by atoms with Crippen LogP contribution in [0.1, 0.15) is 34.2 Å². The number of aromatic nitrogens is 1. The first-order chi connectivity index (χ1) is 22.8. The van der Waals surface area contributed by atoms with Gasteiger partial charge in [0.2, 0.25) is 0 Å². The van der Waals surface area contributed by atoms with Crippen molar-refractivity contribution in [2.75, 3.05) is 21.3 Å². The number of carbonyl (C=O) groups excluding carboxylic acids is 1. The summed E-state index contributed by atoms with van der Waals surface area (Å²) in [4.78, 5) is 18.4. The highest BCUT2D eigenvalue weighted by Gasteiger charge is 2.28. The van der Waals surface area contributed by atoms with E-state index in [-0.39, 0.29) is 29.6 Å². The molecule has 0 aliphatic heterocycles. The normalized spacial score (nSPS) is 13.3. The number of aliphatic hydroxyl groups is 1. The Labute approximate surface area is 276 Å². The highest BCUT2D eigenvalue weighted by Crippen LogP contribution is 2.32. The Morgan fingerprint density at radius 3 is 2.02 bits per heavy atom. The van der Waals surface area contributed by atoms with E-state index < -0.39 is 12.0 Å². The maximum Gasteiger partial charge on any atom is 0.160 e. The molecule has 4 aromatic carbocycles. The van der Waals surface area contributed by atoms with Gasteiger partial charge in [-0.25, -0.2) is 0 Å². The average molecular weight is 636 g/mol. The van der Waals surface area contributed by atoms with Crippen LogP contribution in [-0.4, -0.2) is 48.5 Å². The van der Waals surface area contributed by atoms with Gasteiger partial charge in [0.15, 0.2) is 23.0 Å². The molecule has 0 saturated carbocycles. The first-order valence-electron chi connectivity index (χ1n) is 15.9. The van der Waals surface area contributed by atoms with E-state index in [1.54, 1.807) is 36.7 Å². The molecule has 0 radical (unpaired) electrons. The van der Waals surface area contributed by atoms with Crippen molar-refractivity contribution in [3.8, 4) is 23.0 Å². The summed E-state index contributed by atoms with van der Waals surface area (Å²) in [6.45, 7) is 0.732. The number of methoxy groups -OCH3 is 2. The molecule has 5 aromatic rings. The summed E-state index contributed by atoms with van der Waals surface area (Å²) in [6.07, 6.45) is 4.49. The van der Waals surface area contributed by atoms with Crippen LogP contribution >= 0.6 is 0 Å². The van der Waals surface area contributed by atoms with E-state index in [9.17, 15) is 20.1 Å². The van der Waals surface area contributed by atoms with E-state index in [1.165, 1.54) is 19.8 Å². The van der Waals surface area contributed by atoms with E-state index in [0.717, 1.165) is 39.6 Å². The molecule has 8 heteroatoms. The van der Waals surface area contributed by atoms with Gasteiger partial charge in [0.05, 0.1) is 20.3 Å². The fourth-order valence-corrected chi connectivity index (χ4v) is 6.35. The van der Waals surface area contributed by atoms with Gasteiger partial charge in [0.1, 0.15) is 5.78 Å². The monoisotopic (exact) mass is 635 g/mol. The lowest BCUT2D eigenvalue weighted by Crippen LogP contribution is -2.31. The summed E-state index contributed by atoms with van der Waals surface area (Å²) < 4.78 is 10.7. The van der Waals surface area contributed by atoms with E-state index in [4.69, 9.17) is 9.47 Å². The Bertz CT molecular complexity index is 1780. The summed E-state index contributed by atoms with van der Waals surface area (Å²) in [5.74, 6) is 0.0471. The first kappa shape index (κ1) is 33.6. The van der Waals surface area contributed by atoms with Crippen molar-refractivity contribution in [2.24, 2.45) is 11.8 Å². The molecule has 3 atom stereocenters. The zero-order valence-electron chi connectivity index (χ0n) is 27.1. The third-order valence-corrected chi connectivity index (χ3v) is 8.88. The van der Waals surface area contributed by atoms with Crippen LogP contribution < -0.4 is 19.8 Å². The van der Waals surface area contributed by atoms with Crippen molar-refractivity contribution in [3.05, 3.63) is 119 Å². The van der Waals surface area contributed by atoms with Crippen LogP contribution in [0.4, 0.5) is 0 Å². The molecule has 246 valence electrons. The molecule has 0 aliphatic carbocycles. The van der Waals surface area contributed by atoms with Crippen molar-refractivity contribution < 1.29 is 29.6 Å². The van der Waals surface area contributed by atoms with E-state index >= 15 is 0 Å². The van der Waals surface area contributed by atoms with Crippen molar-refractivity contribution in [1.29, 1.82) is 0 Å². The number of nitrogens with one attached hydrogen (secondary N) is 1. The summed E-state index contributed by atoms with van der Waals surface area (Å²) in [5, 5.41) is 37.5. The molecule has 47 heavy (non-hydrogen) atoms. The van der Waals surface area contributed by atoms with Gasteiger partial charge in [-0.2, -0.15) is 12.4 Å². The number of benzene rings is 4. The van der Waals surface area contributed by atoms with Crippen LogP contribution in [-0.2, 0) is 37.0 Å². The number of fused-ring (bicyclic) bond motifs is 1. The molecule has 0 saturated heterocycles. The third-order valence-electron chi connectivity index (χ3n) is 8.88. The van der Waals surface area contributed by atoms with Crippen LogP contribution in [0.25, 0.3) is 10.8 Å². The Hall–Kier alpha value is -4.79. The number of aromatic hydroxyl groups is 2. The molecule has 0 bridgehead atoms. The maximum atomic E-state index is 14.2. The second kappa shape index (κ2) is 15.7. The van der Waals surface area contributed by atoms with Gasteiger partial charge < -0.3 is 35.1 Å². The summed E-state index contributed by atoms with van der Waals surface area (Å²) in [5.41, 5.74) is 4.95. The molecule has 4 N–H and O–H groups in total. The van der Waals surface area contributed by atoms with Gasteiger partial charge in [-0.3, -0.25) is 4.79 Å². The van der Waals surface area contributed by atoms with Gasteiger partial charge in [0, 0.05) is 18.9 Å². The summed E-state index contributed by atoms with van der Waals surface area (Å²) in [6, 6.07) is 24.8. The minimum absolute atomic E-state index is 0.0213. The van der Waals surface area contributed by atoms with Crippen LogP contribution in [0.2, 0.25) is 0 Å². The molecule has 1 aromatic heterocycles. The second-order valence-corrected chi connectivity index (χ2v) is 12.2. The van der Waals surface area contributed by atoms with E-state index in [1.807, 2.05) is 25.2 Å². The Morgan fingerprint density at radius 1 is 0.787 bits per heavy atom. The predicted molar refractivity (Wildman–Crippen MR) is 183 cm³/mol. The number of ketones is 1. The summed E-state index contributed by atoms with van der Waals surface area (Å²) >= 11 is 0. The topological polar surface area (TPSA) is 122 Å². The van der Waals surface area contributed by atoms with Gasteiger partial charge >= 0.3 is 0 Å². The van der Waals surface area contributed by atoms with Crippen LogP contribution in [0, 0.1) is 11.8 Å². The van der Waals surface area contributed by atoms with Gasteiger partial charge in [-0.1, -0.05) is 60.2 Å². The zero-order chi connectivity index (χ0) is 33.3. The fourth-order valence-electron chi connectivity index (χ4n) is 6.35. The predicted octanol–water partition coefficient (Wildman–Crippen LogP) is 5.77. The molecule has 0 amide bonds. The van der Waals surface area contributed by atoms with Crippen molar-refractivity contribution in [1.82, 2.24) is 10.3 Å². The van der Waals surface area contributed by atoms with Crippen molar-refractivity contribution in [2.45, 2.75) is 44.8 Å². The molecule has 0 fully saturated rings. The van der Waals surface area contributed by atoms with Gasteiger partial charge in [-0.15, -0.1) is 0 Å². The molecule has 1 heterocycles. The quantitative estimate of drug-likeness (QED) is 0.108. The zero-order valence-corrected chi connectivity index (χ0v) is 27.1. The number of rotatable bonds is 16. The highest BCUT2D eigenvalue weighted by atomic mass is 16.5. The van der Waals surface area contributed by atoms with Gasteiger partial charge in [0.25, 0.3) is 0 Å². The smallest absolute Gasteiger partial charge is 0.160 e. The molecule has 0 aliphatic rings. The maximum absolute atomic E-state index is 14.2. The number of hydrogen-bond donors (Lipinski definition) is 4. The molecule has 8 nitrogen and oxygen atoms in total. The molecule has 0 spiro atoms. The lowest BCUT2D eigenvalue weighted by atomic mass is 9.82.